The van der Waals surface area contributed by atoms with E-state index in [-0.39, 0.29) is 0 Å². The number of hydrogen-bond donors (Lipinski definition) is 1. The fourth-order valence-electron chi connectivity index (χ4n) is 2.71. The van der Waals surface area contributed by atoms with Gasteiger partial charge >= 0.3 is 0 Å². The molecule has 0 saturated carbocycles. The number of nitrogens with zero attached hydrogens (tertiary/aromatic N) is 1. The maximum Gasteiger partial charge on any atom is 0.159 e. The number of aromatic amines is 1. The van der Waals surface area contributed by atoms with E-state index in [9.17, 15) is 8.78 Å². The Morgan fingerprint density at radius 2 is 1.60 bits per heavy atom. The molecule has 0 fully saturated rings. The van der Waals surface area contributed by atoms with E-state index in [2.05, 4.69) is 22.1 Å². The zero-order chi connectivity index (χ0) is 17.2. The molecule has 0 radical (unpaired) electrons. The number of aromatic nitrogens is 2. The Labute approximate surface area is 143 Å². The highest BCUT2D eigenvalue weighted by molar-refractivity contribution is 5.83. The van der Waals surface area contributed by atoms with Crippen LogP contribution in [-0.4, -0.2) is 9.97 Å². The lowest BCUT2D eigenvalue weighted by molar-refractivity contribution is 0.508. The van der Waals surface area contributed by atoms with E-state index in [0.29, 0.717) is 11.4 Å². The van der Waals surface area contributed by atoms with E-state index in [1.165, 1.54) is 6.07 Å². The summed E-state index contributed by atoms with van der Waals surface area (Å²) in [5.41, 5.74) is 4.59. The van der Waals surface area contributed by atoms with Crippen LogP contribution in [0.5, 0.6) is 0 Å². The highest BCUT2D eigenvalue weighted by Gasteiger charge is 2.04. The molecule has 0 aliphatic rings. The van der Waals surface area contributed by atoms with Crippen LogP contribution in [0.2, 0.25) is 0 Å². The summed E-state index contributed by atoms with van der Waals surface area (Å²) in [6.07, 6.45) is 3.44. The lowest BCUT2D eigenvalue weighted by atomic mass is 10.1. The Kier molecular flexibility index (Phi) is 3.86. The van der Waals surface area contributed by atoms with Crippen LogP contribution in [0.3, 0.4) is 0 Å². The Morgan fingerprint density at radius 1 is 0.760 bits per heavy atom. The number of halogens is 2. The molecule has 0 aliphatic heterocycles. The lowest BCUT2D eigenvalue weighted by Crippen LogP contribution is -1.83. The summed E-state index contributed by atoms with van der Waals surface area (Å²) in [6.45, 7) is 0. The van der Waals surface area contributed by atoms with E-state index >= 15 is 0 Å². The van der Waals surface area contributed by atoms with Crippen molar-refractivity contribution in [2.24, 2.45) is 0 Å². The summed E-state index contributed by atoms with van der Waals surface area (Å²) in [7, 11) is 0. The van der Waals surface area contributed by atoms with Gasteiger partial charge in [0.2, 0.25) is 0 Å². The molecule has 4 heteroatoms. The molecule has 0 unspecified atom stereocenters. The number of imidazole rings is 1. The number of fused-ring (bicyclic) bond motifs is 1. The highest BCUT2D eigenvalue weighted by atomic mass is 19.2. The summed E-state index contributed by atoms with van der Waals surface area (Å²) >= 11 is 0. The van der Waals surface area contributed by atoms with Gasteiger partial charge in [0.15, 0.2) is 11.6 Å². The molecule has 1 heterocycles. The van der Waals surface area contributed by atoms with Gasteiger partial charge in [-0.05, 0) is 47.0 Å². The zero-order valence-corrected chi connectivity index (χ0v) is 13.2. The molecule has 1 aromatic heterocycles. The van der Waals surface area contributed by atoms with Crippen molar-refractivity contribution >= 4 is 23.2 Å². The number of H-pyrrole nitrogens is 1. The van der Waals surface area contributed by atoms with E-state index in [1.807, 2.05) is 36.4 Å². The van der Waals surface area contributed by atoms with Crippen molar-refractivity contribution < 1.29 is 8.78 Å². The zero-order valence-electron chi connectivity index (χ0n) is 13.2. The van der Waals surface area contributed by atoms with Crippen LogP contribution in [0.1, 0.15) is 11.4 Å². The van der Waals surface area contributed by atoms with Crippen molar-refractivity contribution in [3.05, 3.63) is 89.8 Å². The molecule has 25 heavy (non-hydrogen) atoms. The predicted molar refractivity (Wildman–Crippen MR) is 96.8 cm³/mol. The molecule has 4 rings (SSSR count). The van der Waals surface area contributed by atoms with Gasteiger partial charge in [-0.15, -0.1) is 0 Å². The Bertz CT molecular complexity index is 1070. The molecular weight excluding hydrogens is 318 g/mol. The molecule has 0 saturated heterocycles. The number of nitrogens with one attached hydrogen (secondary N) is 1. The van der Waals surface area contributed by atoms with Crippen LogP contribution >= 0.6 is 0 Å². The number of benzene rings is 3. The van der Waals surface area contributed by atoms with Crippen molar-refractivity contribution in [2.75, 3.05) is 0 Å². The molecule has 1 N–H and O–H groups in total. The first kappa shape index (κ1) is 15.3. The van der Waals surface area contributed by atoms with Gasteiger partial charge < -0.3 is 4.98 Å². The van der Waals surface area contributed by atoms with E-state index < -0.39 is 11.6 Å². The maximum absolute atomic E-state index is 13.2. The Morgan fingerprint density at radius 3 is 2.40 bits per heavy atom. The normalized spacial score (nSPS) is 11.4. The molecule has 3 aromatic carbocycles. The fourth-order valence-corrected chi connectivity index (χ4v) is 2.71. The minimum absolute atomic E-state index is 0.573. The van der Waals surface area contributed by atoms with E-state index in [0.717, 1.165) is 34.3 Å². The fraction of sp³-hybridized carbons (Fsp3) is 0. The van der Waals surface area contributed by atoms with Crippen molar-refractivity contribution in [1.29, 1.82) is 0 Å². The highest BCUT2D eigenvalue weighted by Crippen LogP contribution is 2.23. The first-order valence-corrected chi connectivity index (χ1v) is 7.87. The van der Waals surface area contributed by atoms with Gasteiger partial charge in [-0.3, -0.25) is 0 Å². The average molecular weight is 332 g/mol. The van der Waals surface area contributed by atoms with E-state index in [4.69, 9.17) is 0 Å². The van der Waals surface area contributed by atoms with Gasteiger partial charge in [0.1, 0.15) is 5.82 Å². The first-order valence-electron chi connectivity index (χ1n) is 7.87. The SMILES string of the molecule is Fc1ccc(C=Cc2nc3ccc(-c4ccccc4)cc3[nH]2)cc1F. The van der Waals surface area contributed by atoms with Crippen LogP contribution in [0, 0.1) is 11.6 Å². The third-order valence-electron chi connectivity index (χ3n) is 3.98. The van der Waals surface area contributed by atoms with Crippen LogP contribution in [-0.2, 0) is 0 Å². The van der Waals surface area contributed by atoms with E-state index in [1.54, 1.807) is 12.2 Å². The lowest BCUT2D eigenvalue weighted by Gasteiger charge is -2.00. The predicted octanol–water partition coefficient (Wildman–Crippen LogP) is 5.68. The molecule has 0 bridgehead atoms. The molecule has 4 aromatic rings. The van der Waals surface area contributed by atoms with Crippen molar-refractivity contribution in [3.8, 4) is 11.1 Å². The van der Waals surface area contributed by atoms with Crippen molar-refractivity contribution in [1.82, 2.24) is 9.97 Å². The molecule has 0 aliphatic carbocycles. The number of rotatable bonds is 3. The van der Waals surface area contributed by atoms with Crippen LogP contribution < -0.4 is 0 Å². The Balaban J connectivity index is 1.65. The molecule has 122 valence electrons. The molecular formula is C21H14F2N2. The second-order valence-electron chi connectivity index (χ2n) is 5.73. The second kappa shape index (κ2) is 6.32. The topological polar surface area (TPSA) is 28.7 Å². The number of hydrogen-bond acceptors (Lipinski definition) is 1. The third kappa shape index (κ3) is 3.19. The van der Waals surface area contributed by atoms with Gasteiger partial charge in [-0.2, -0.15) is 0 Å². The minimum Gasteiger partial charge on any atom is -0.338 e. The summed E-state index contributed by atoms with van der Waals surface area (Å²) < 4.78 is 26.2. The smallest absolute Gasteiger partial charge is 0.159 e. The first-order chi connectivity index (χ1) is 12.2. The summed E-state index contributed by atoms with van der Waals surface area (Å²) in [4.78, 5) is 7.73. The largest absolute Gasteiger partial charge is 0.338 e. The molecule has 0 amide bonds. The minimum atomic E-state index is -0.862. The molecule has 0 spiro atoms. The molecule has 0 atom stereocenters. The second-order valence-corrected chi connectivity index (χ2v) is 5.73. The Hall–Kier alpha value is -3.27. The summed E-state index contributed by atoms with van der Waals surface area (Å²) in [5, 5.41) is 0. The average Bonchev–Trinajstić information content (AvgIpc) is 3.05. The summed E-state index contributed by atoms with van der Waals surface area (Å²) in [5.74, 6) is -1.06. The van der Waals surface area contributed by atoms with Gasteiger partial charge in [-0.25, -0.2) is 13.8 Å². The van der Waals surface area contributed by atoms with Gasteiger partial charge in [0.05, 0.1) is 11.0 Å². The van der Waals surface area contributed by atoms with Gasteiger partial charge in [0.25, 0.3) is 0 Å². The van der Waals surface area contributed by atoms with Crippen molar-refractivity contribution in [3.63, 3.8) is 0 Å². The quantitative estimate of drug-likeness (QED) is 0.514. The van der Waals surface area contributed by atoms with Crippen LogP contribution in [0.15, 0.2) is 66.7 Å². The third-order valence-corrected chi connectivity index (χ3v) is 3.98. The van der Waals surface area contributed by atoms with Crippen LogP contribution in [0.4, 0.5) is 8.78 Å². The van der Waals surface area contributed by atoms with Crippen molar-refractivity contribution in [2.45, 2.75) is 0 Å². The monoisotopic (exact) mass is 332 g/mol. The maximum atomic E-state index is 13.2. The molecule has 2 nitrogen and oxygen atoms in total. The van der Waals surface area contributed by atoms with Gasteiger partial charge in [0, 0.05) is 0 Å². The van der Waals surface area contributed by atoms with Crippen LogP contribution in [0.25, 0.3) is 34.3 Å². The van der Waals surface area contributed by atoms with Gasteiger partial charge in [-0.1, -0.05) is 48.5 Å². The summed E-state index contributed by atoms with van der Waals surface area (Å²) in [6, 6.07) is 19.9. The standard InChI is InChI=1S/C21H14F2N2/c22-17-9-6-14(12-18(17)23)7-11-21-24-19-10-8-16(13-20(19)25-21)15-4-2-1-3-5-15/h1-13H,(H,24,25).